The summed E-state index contributed by atoms with van der Waals surface area (Å²) in [5.74, 6) is 2.95. The van der Waals surface area contributed by atoms with Crippen LogP contribution in [0.5, 0.6) is 0 Å². The molecule has 0 saturated heterocycles. The molecule has 3 aromatic rings. The highest BCUT2D eigenvalue weighted by molar-refractivity contribution is 5.92. The van der Waals surface area contributed by atoms with Gasteiger partial charge >= 0.3 is 0 Å². The molecular weight excluding hydrogens is 394 g/mol. The second-order valence-electron chi connectivity index (χ2n) is 12.3. The van der Waals surface area contributed by atoms with Gasteiger partial charge in [0, 0.05) is 17.3 Å². The maximum absolute atomic E-state index is 11.2. The van der Waals surface area contributed by atoms with E-state index in [9.17, 15) is 5.11 Å². The van der Waals surface area contributed by atoms with Gasteiger partial charge in [-0.3, -0.25) is 0 Å². The first-order valence-corrected chi connectivity index (χ1v) is 12.8. The Morgan fingerprint density at radius 3 is 2.69 bits per heavy atom. The lowest BCUT2D eigenvalue weighted by molar-refractivity contribution is -0.139. The van der Waals surface area contributed by atoms with E-state index in [0.29, 0.717) is 11.3 Å². The second kappa shape index (κ2) is 6.14. The maximum Gasteiger partial charge on any atom is 0.163 e. The van der Waals surface area contributed by atoms with Crippen molar-refractivity contribution < 1.29 is 5.11 Å². The summed E-state index contributed by atoms with van der Waals surface area (Å²) in [6.07, 6.45) is 11.7. The van der Waals surface area contributed by atoms with E-state index in [1.54, 1.807) is 0 Å². The summed E-state index contributed by atoms with van der Waals surface area (Å²) < 4.78 is 2.16. The van der Waals surface area contributed by atoms with Crippen LogP contribution in [0, 0.1) is 34.5 Å². The number of aliphatic hydroxyl groups is 1. The van der Waals surface area contributed by atoms with Crippen molar-refractivity contribution in [3.8, 4) is 0 Å². The van der Waals surface area contributed by atoms with Gasteiger partial charge in [0.25, 0.3) is 0 Å². The standard InChI is InChI=1S/C28H35N3O/c1-26-15-17-16-29-25-20-6-4-5-7-23(20)30-31(25)24(17)14-18(26)8-9-19-21(26)10-12-27(2)22(19)11-13-28(27,3)32/h4-7,16,18-19,21-22,32H,8-15H2,1-3H3. The van der Waals surface area contributed by atoms with Crippen molar-refractivity contribution in [3.63, 3.8) is 0 Å². The van der Waals surface area contributed by atoms with Crippen LogP contribution in [-0.4, -0.2) is 25.3 Å². The van der Waals surface area contributed by atoms with Crippen molar-refractivity contribution in [2.45, 2.75) is 77.7 Å². The normalized spacial score (nSPS) is 43.0. The number of nitrogens with zero attached hydrogens (tertiary/aromatic N) is 3. The van der Waals surface area contributed by atoms with Crippen LogP contribution in [0.2, 0.25) is 0 Å². The van der Waals surface area contributed by atoms with Gasteiger partial charge in [0.15, 0.2) is 5.65 Å². The summed E-state index contributed by atoms with van der Waals surface area (Å²) in [5, 5.41) is 17.3. The quantitative estimate of drug-likeness (QED) is 0.507. The van der Waals surface area contributed by atoms with E-state index in [2.05, 4.69) is 55.7 Å². The minimum Gasteiger partial charge on any atom is -0.390 e. The summed E-state index contributed by atoms with van der Waals surface area (Å²) in [4.78, 5) is 4.91. The Kier molecular flexibility index (Phi) is 3.74. The topological polar surface area (TPSA) is 50.4 Å². The first-order valence-electron chi connectivity index (χ1n) is 12.8. The van der Waals surface area contributed by atoms with Gasteiger partial charge in [-0.15, -0.1) is 0 Å². The molecule has 3 fully saturated rings. The summed E-state index contributed by atoms with van der Waals surface area (Å²) in [5.41, 5.74) is 4.83. The van der Waals surface area contributed by atoms with Crippen LogP contribution >= 0.6 is 0 Å². The zero-order valence-electron chi connectivity index (χ0n) is 19.6. The van der Waals surface area contributed by atoms with E-state index in [1.807, 2.05) is 0 Å². The number of hydrogen-bond donors (Lipinski definition) is 1. The predicted molar refractivity (Wildman–Crippen MR) is 126 cm³/mol. The van der Waals surface area contributed by atoms with Crippen molar-refractivity contribution >= 4 is 16.6 Å². The minimum atomic E-state index is -0.489. The largest absolute Gasteiger partial charge is 0.390 e. The third kappa shape index (κ3) is 2.27. The number of rotatable bonds is 0. The van der Waals surface area contributed by atoms with E-state index in [1.165, 1.54) is 43.4 Å². The molecule has 2 aromatic heterocycles. The van der Waals surface area contributed by atoms with E-state index in [-0.39, 0.29) is 5.41 Å². The highest BCUT2D eigenvalue weighted by atomic mass is 16.3. The predicted octanol–water partition coefficient (Wildman–Crippen LogP) is 5.59. The molecule has 1 N–H and O–H groups in total. The molecular formula is C28H35N3O. The van der Waals surface area contributed by atoms with Gasteiger partial charge in [0.05, 0.1) is 11.1 Å². The molecule has 7 rings (SSSR count). The molecule has 0 amide bonds. The Hall–Kier alpha value is -1.94. The smallest absolute Gasteiger partial charge is 0.163 e. The fourth-order valence-electron chi connectivity index (χ4n) is 9.08. The van der Waals surface area contributed by atoms with Gasteiger partial charge in [0.1, 0.15) is 0 Å². The van der Waals surface area contributed by atoms with Crippen molar-refractivity contribution in [2.75, 3.05) is 0 Å². The summed E-state index contributed by atoms with van der Waals surface area (Å²) in [6, 6.07) is 8.40. The fraction of sp³-hybridized carbons (Fsp3) is 0.643. The number of fused-ring (bicyclic) bond motifs is 10. The van der Waals surface area contributed by atoms with Gasteiger partial charge in [-0.1, -0.05) is 26.0 Å². The Morgan fingerprint density at radius 1 is 1.00 bits per heavy atom. The van der Waals surface area contributed by atoms with Crippen molar-refractivity contribution in [2.24, 2.45) is 34.5 Å². The molecule has 168 valence electrons. The molecule has 4 heteroatoms. The molecule has 3 saturated carbocycles. The summed E-state index contributed by atoms with van der Waals surface area (Å²) in [6.45, 7) is 7.11. The molecule has 7 atom stereocenters. The summed E-state index contributed by atoms with van der Waals surface area (Å²) in [7, 11) is 0. The van der Waals surface area contributed by atoms with Crippen LogP contribution in [0.25, 0.3) is 16.6 Å². The number of aromatic nitrogens is 3. The molecule has 4 aliphatic carbocycles. The van der Waals surface area contributed by atoms with Crippen LogP contribution in [-0.2, 0) is 12.8 Å². The molecule has 7 unspecified atom stereocenters. The first-order chi connectivity index (χ1) is 15.3. The van der Waals surface area contributed by atoms with Crippen molar-refractivity contribution in [1.29, 1.82) is 0 Å². The highest BCUT2D eigenvalue weighted by Gasteiger charge is 2.63. The van der Waals surface area contributed by atoms with Gasteiger partial charge in [-0.05, 0) is 110 Å². The SMILES string of the molecule is CC12Cc3cnc4c5ccccc5nn4c3CC1CCC1C2CCC2(C)C1CCC2(C)O. The Bertz CT molecular complexity index is 1240. The average molecular weight is 430 g/mol. The molecule has 0 spiro atoms. The number of hydrogen-bond acceptors (Lipinski definition) is 3. The zero-order chi connectivity index (χ0) is 21.9. The highest BCUT2D eigenvalue weighted by Crippen LogP contribution is 2.67. The second-order valence-corrected chi connectivity index (χ2v) is 12.3. The first kappa shape index (κ1) is 19.5. The molecule has 32 heavy (non-hydrogen) atoms. The molecule has 0 radical (unpaired) electrons. The Balaban J connectivity index is 1.29. The zero-order valence-corrected chi connectivity index (χ0v) is 19.6. The molecule has 2 heterocycles. The van der Waals surface area contributed by atoms with E-state index >= 15 is 0 Å². The Morgan fingerprint density at radius 2 is 1.81 bits per heavy atom. The van der Waals surface area contributed by atoms with Gasteiger partial charge < -0.3 is 5.11 Å². The van der Waals surface area contributed by atoms with E-state index < -0.39 is 5.60 Å². The lowest BCUT2D eigenvalue weighted by atomic mass is 9.44. The lowest BCUT2D eigenvalue weighted by Gasteiger charge is -2.61. The third-order valence-electron chi connectivity index (χ3n) is 11.2. The molecule has 4 nitrogen and oxygen atoms in total. The van der Waals surface area contributed by atoms with Crippen LogP contribution < -0.4 is 0 Å². The molecule has 0 aliphatic heterocycles. The fourth-order valence-corrected chi connectivity index (χ4v) is 9.08. The van der Waals surface area contributed by atoms with Crippen molar-refractivity contribution in [1.82, 2.24) is 14.6 Å². The van der Waals surface area contributed by atoms with Gasteiger partial charge in [0.2, 0.25) is 0 Å². The lowest BCUT2D eigenvalue weighted by Crippen LogP contribution is -2.56. The van der Waals surface area contributed by atoms with Crippen LogP contribution in [0.3, 0.4) is 0 Å². The van der Waals surface area contributed by atoms with Crippen LogP contribution in [0.1, 0.15) is 70.6 Å². The van der Waals surface area contributed by atoms with Crippen molar-refractivity contribution in [3.05, 3.63) is 41.7 Å². The van der Waals surface area contributed by atoms with Gasteiger partial charge in [-0.25, -0.2) is 9.50 Å². The summed E-state index contributed by atoms with van der Waals surface area (Å²) >= 11 is 0. The third-order valence-corrected chi connectivity index (χ3v) is 11.2. The minimum absolute atomic E-state index is 0.104. The Labute approximate surface area is 190 Å². The molecule has 4 aliphatic rings. The van der Waals surface area contributed by atoms with E-state index in [0.717, 1.165) is 53.6 Å². The van der Waals surface area contributed by atoms with Gasteiger partial charge in [-0.2, -0.15) is 5.10 Å². The maximum atomic E-state index is 11.2. The molecule has 1 aromatic carbocycles. The average Bonchev–Trinajstić information content (AvgIpc) is 3.26. The van der Waals surface area contributed by atoms with Crippen LogP contribution in [0.4, 0.5) is 0 Å². The van der Waals surface area contributed by atoms with E-state index in [4.69, 9.17) is 10.1 Å². The number of benzene rings is 1. The van der Waals surface area contributed by atoms with Crippen LogP contribution in [0.15, 0.2) is 30.5 Å². The molecule has 0 bridgehead atoms. The monoisotopic (exact) mass is 429 g/mol.